The lowest BCUT2D eigenvalue weighted by molar-refractivity contribution is 0.344. The summed E-state index contributed by atoms with van der Waals surface area (Å²) in [6.45, 7) is 20.3. The summed E-state index contributed by atoms with van der Waals surface area (Å²) in [6, 6.07) is 0. The molecule has 0 aromatic rings. The van der Waals surface area contributed by atoms with Crippen LogP contribution >= 0.6 is 7.92 Å². The van der Waals surface area contributed by atoms with Gasteiger partial charge in [0.05, 0.1) is 0 Å². The minimum absolute atomic E-state index is 0.0507. The van der Waals surface area contributed by atoms with Gasteiger partial charge in [-0.3, -0.25) is 0 Å². The van der Waals surface area contributed by atoms with Crippen molar-refractivity contribution in [2.24, 2.45) is 5.41 Å². The van der Waals surface area contributed by atoms with Crippen LogP contribution in [0.5, 0.6) is 0 Å². The van der Waals surface area contributed by atoms with E-state index in [-0.39, 0.29) is 7.92 Å². The van der Waals surface area contributed by atoms with Gasteiger partial charge in [-0.1, -0.05) is 39.8 Å². The highest BCUT2D eigenvalue weighted by Gasteiger charge is 2.33. The van der Waals surface area contributed by atoms with Crippen molar-refractivity contribution >= 4 is 7.92 Å². The largest absolute Gasteiger partial charge is 0.103 e. The Morgan fingerprint density at radius 1 is 1.15 bits per heavy atom. The molecule has 0 aromatic heterocycles. The molecular weight excluding hydrogens is 175 g/mol. The summed E-state index contributed by atoms with van der Waals surface area (Å²) in [6.07, 6.45) is 1.24. The molecule has 0 rings (SSSR count). The second kappa shape index (κ2) is 4.13. The van der Waals surface area contributed by atoms with Crippen molar-refractivity contribution in [3.8, 4) is 0 Å². The van der Waals surface area contributed by atoms with Crippen LogP contribution in [0.25, 0.3) is 0 Å². The Morgan fingerprint density at radius 3 is 1.62 bits per heavy atom. The molecule has 0 amide bonds. The predicted molar refractivity (Wildman–Crippen MR) is 66.1 cm³/mol. The van der Waals surface area contributed by atoms with Gasteiger partial charge < -0.3 is 0 Å². The average Bonchev–Trinajstić information content (AvgIpc) is 1.82. The van der Waals surface area contributed by atoms with Crippen LogP contribution in [0.1, 0.15) is 41.0 Å². The Kier molecular flexibility index (Phi) is 4.19. The first-order valence-corrected chi connectivity index (χ1v) is 7.16. The molecule has 0 aliphatic carbocycles. The Labute approximate surface area is 85.6 Å². The molecule has 0 aliphatic heterocycles. The Morgan fingerprint density at radius 2 is 1.54 bits per heavy atom. The third-order valence-corrected chi connectivity index (χ3v) is 5.29. The Balaban J connectivity index is 4.73. The molecule has 78 valence electrons. The first-order chi connectivity index (χ1) is 5.59. The zero-order chi connectivity index (χ0) is 10.9. The van der Waals surface area contributed by atoms with Gasteiger partial charge in [0.1, 0.15) is 0 Å². The summed E-state index contributed by atoms with van der Waals surface area (Å²) in [4.78, 5) is 0. The van der Waals surface area contributed by atoms with E-state index in [9.17, 15) is 0 Å². The van der Waals surface area contributed by atoms with Crippen LogP contribution in [-0.2, 0) is 0 Å². The minimum Gasteiger partial charge on any atom is -0.103 e. The van der Waals surface area contributed by atoms with E-state index < -0.39 is 0 Å². The third kappa shape index (κ3) is 3.81. The molecule has 0 fully saturated rings. The minimum atomic E-state index is 0.0507. The maximum absolute atomic E-state index is 4.15. The second-order valence-corrected chi connectivity index (χ2v) is 8.46. The predicted octanol–water partition coefficient (Wildman–Crippen LogP) is 4.50. The van der Waals surface area contributed by atoms with Crippen molar-refractivity contribution in [2.75, 3.05) is 13.3 Å². The van der Waals surface area contributed by atoms with Crippen molar-refractivity contribution in [1.82, 2.24) is 0 Å². The maximum Gasteiger partial charge on any atom is 0.00798 e. The first kappa shape index (κ1) is 13.2. The van der Waals surface area contributed by atoms with Gasteiger partial charge in [0.2, 0.25) is 0 Å². The summed E-state index contributed by atoms with van der Waals surface area (Å²) < 4.78 is 0. The molecule has 0 aliphatic rings. The summed E-state index contributed by atoms with van der Waals surface area (Å²) in [5.41, 5.74) is 1.75. The molecule has 0 spiro atoms. The van der Waals surface area contributed by atoms with Gasteiger partial charge >= 0.3 is 0 Å². The molecule has 0 saturated carbocycles. The standard InChI is InChI=1S/C12H25P/c1-10(2)12(6,13(7)8)9-11(3,4)5/h1,9H2,2-8H3. The van der Waals surface area contributed by atoms with Crippen LogP contribution in [0.4, 0.5) is 0 Å². The smallest absolute Gasteiger partial charge is 0.00798 e. The summed E-state index contributed by atoms with van der Waals surface area (Å²) >= 11 is 0. The molecule has 1 atom stereocenters. The first-order valence-electron chi connectivity index (χ1n) is 4.93. The van der Waals surface area contributed by atoms with E-state index in [2.05, 4.69) is 54.5 Å². The van der Waals surface area contributed by atoms with Gasteiger partial charge in [-0.25, -0.2) is 0 Å². The van der Waals surface area contributed by atoms with Crippen molar-refractivity contribution in [2.45, 2.75) is 46.2 Å². The van der Waals surface area contributed by atoms with Crippen molar-refractivity contribution in [3.63, 3.8) is 0 Å². The monoisotopic (exact) mass is 200 g/mol. The van der Waals surface area contributed by atoms with E-state index >= 15 is 0 Å². The van der Waals surface area contributed by atoms with E-state index in [1.54, 1.807) is 0 Å². The number of hydrogen-bond donors (Lipinski definition) is 0. The van der Waals surface area contributed by atoms with Crippen molar-refractivity contribution in [3.05, 3.63) is 12.2 Å². The fourth-order valence-corrected chi connectivity index (χ4v) is 3.28. The van der Waals surface area contributed by atoms with Crippen LogP contribution in [-0.4, -0.2) is 18.5 Å². The molecule has 0 bridgehead atoms. The number of allylic oxidation sites excluding steroid dienone is 1. The second-order valence-electron chi connectivity index (χ2n) is 5.69. The van der Waals surface area contributed by atoms with Gasteiger partial charge in [0.15, 0.2) is 0 Å². The van der Waals surface area contributed by atoms with Gasteiger partial charge in [0, 0.05) is 5.16 Å². The third-order valence-electron chi connectivity index (χ3n) is 2.78. The highest BCUT2D eigenvalue weighted by atomic mass is 31.1. The molecule has 13 heavy (non-hydrogen) atoms. The molecule has 0 N–H and O–H groups in total. The van der Waals surface area contributed by atoms with Gasteiger partial charge in [-0.2, -0.15) is 0 Å². The van der Waals surface area contributed by atoms with Crippen LogP contribution in [0, 0.1) is 5.41 Å². The van der Waals surface area contributed by atoms with Crippen molar-refractivity contribution < 1.29 is 0 Å². The lowest BCUT2D eigenvalue weighted by Gasteiger charge is -2.40. The van der Waals surface area contributed by atoms with E-state index in [4.69, 9.17) is 0 Å². The fourth-order valence-electron chi connectivity index (χ4n) is 1.72. The van der Waals surface area contributed by atoms with E-state index in [0.29, 0.717) is 10.6 Å². The molecule has 1 unspecified atom stereocenters. The summed E-state index contributed by atoms with van der Waals surface area (Å²) in [5.74, 6) is 0. The quantitative estimate of drug-likeness (QED) is 0.465. The van der Waals surface area contributed by atoms with Gasteiger partial charge in [-0.15, -0.1) is 7.92 Å². The molecule has 1 heteroatoms. The summed E-state index contributed by atoms with van der Waals surface area (Å²) in [7, 11) is 0.0507. The lowest BCUT2D eigenvalue weighted by Crippen LogP contribution is -2.29. The molecule has 0 nitrogen and oxygen atoms in total. The highest BCUT2D eigenvalue weighted by molar-refractivity contribution is 7.58. The Hall–Kier alpha value is 0.170. The van der Waals surface area contributed by atoms with Crippen LogP contribution in [0.3, 0.4) is 0 Å². The molecule has 0 radical (unpaired) electrons. The highest BCUT2D eigenvalue weighted by Crippen LogP contribution is 2.52. The molecule has 0 saturated heterocycles. The molecular formula is C12H25P. The normalized spacial score (nSPS) is 17.2. The van der Waals surface area contributed by atoms with Gasteiger partial charge in [0.25, 0.3) is 0 Å². The lowest BCUT2D eigenvalue weighted by atomic mass is 9.82. The van der Waals surface area contributed by atoms with Crippen molar-refractivity contribution in [1.29, 1.82) is 0 Å². The average molecular weight is 200 g/mol. The number of hydrogen-bond acceptors (Lipinski definition) is 0. The van der Waals surface area contributed by atoms with E-state index in [0.717, 1.165) is 0 Å². The van der Waals surface area contributed by atoms with Crippen LogP contribution in [0.2, 0.25) is 0 Å². The number of rotatable bonds is 3. The zero-order valence-electron chi connectivity index (χ0n) is 10.4. The Bertz CT molecular complexity index is 186. The SMILES string of the molecule is C=C(C)C(C)(CC(C)(C)C)P(C)C. The van der Waals surface area contributed by atoms with E-state index in [1.807, 2.05) is 0 Å². The van der Waals surface area contributed by atoms with Crippen LogP contribution in [0.15, 0.2) is 12.2 Å². The van der Waals surface area contributed by atoms with Crippen LogP contribution < -0.4 is 0 Å². The molecule has 0 heterocycles. The zero-order valence-corrected chi connectivity index (χ0v) is 11.3. The van der Waals surface area contributed by atoms with Gasteiger partial charge in [-0.05, 0) is 32.1 Å². The fraction of sp³-hybridized carbons (Fsp3) is 0.833. The molecule has 0 aromatic carbocycles. The summed E-state index contributed by atoms with van der Waals surface area (Å²) in [5, 5.41) is 0.355. The van der Waals surface area contributed by atoms with E-state index in [1.165, 1.54) is 12.0 Å². The maximum atomic E-state index is 4.15. The topological polar surface area (TPSA) is 0 Å².